The highest BCUT2D eigenvalue weighted by molar-refractivity contribution is 5.89. The van der Waals surface area contributed by atoms with Crippen LogP contribution in [-0.2, 0) is 26.7 Å². The number of benzene rings is 2. The van der Waals surface area contributed by atoms with E-state index >= 15 is 0 Å². The normalized spacial score (nSPS) is 15.6. The van der Waals surface area contributed by atoms with Gasteiger partial charge in [-0.15, -0.1) is 0 Å². The maximum atomic E-state index is 14.8. The predicted octanol–water partition coefficient (Wildman–Crippen LogP) is 2.61. The van der Waals surface area contributed by atoms with E-state index in [1.807, 2.05) is 30.3 Å². The van der Waals surface area contributed by atoms with Crippen molar-refractivity contribution in [2.24, 2.45) is 12.8 Å². The van der Waals surface area contributed by atoms with E-state index in [0.717, 1.165) is 16.8 Å². The predicted molar refractivity (Wildman–Crippen MR) is 149 cm³/mol. The van der Waals surface area contributed by atoms with E-state index in [1.165, 1.54) is 17.0 Å². The molecule has 0 atom stereocenters. The first kappa shape index (κ1) is 26.1. The number of hydrogen-bond acceptors (Lipinski definition) is 7. The van der Waals surface area contributed by atoms with Crippen molar-refractivity contribution in [3.8, 4) is 16.9 Å². The minimum atomic E-state index is -1.07. The van der Waals surface area contributed by atoms with Gasteiger partial charge in [-0.3, -0.25) is 18.9 Å². The van der Waals surface area contributed by atoms with Gasteiger partial charge in [-0.05, 0) is 30.5 Å². The van der Waals surface area contributed by atoms with Gasteiger partial charge in [0, 0.05) is 62.4 Å². The fourth-order valence-corrected chi connectivity index (χ4v) is 5.41. The summed E-state index contributed by atoms with van der Waals surface area (Å²) in [6, 6.07) is 13.0. The number of nitrogens with two attached hydrogens (primary N) is 1. The highest BCUT2D eigenvalue weighted by Crippen LogP contribution is 2.28. The van der Waals surface area contributed by atoms with Crippen molar-refractivity contribution in [2.45, 2.75) is 38.1 Å². The van der Waals surface area contributed by atoms with Crippen LogP contribution >= 0.6 is 0 Å². The molecule has 4 heterocycles. The van der Waals surface area contributed by atoms with Crippen LogP contribution < -0.4 is 11.3 Å². The van der Waals surface area contributed by atoms with Crippen molar-refractivity contribution >= 4 is 11.0 Å². The van der Waals surface area contributed by atoms with E-state index in [4.69, 9.17) is 5.73 Å². The van der Waals surface area contributed by atoms with Crippen LogP contribution in [0.15, 0.2) is 72.3 Å². The zero-order valence-electron chi connectivity index (χ0n) is 22.2. The highest BCUT2D eigenvalue weighted by Gasteiger charge is 2.33. The molecule has 0 saturated carbocycles. The number of nitrogens with zero attached hydrogens (tertiary/aromatic N) is 7. The Morgan fingerprint density at radius 2 is 1.85 bits per heavy atom. The van der Waals surface area contributed by atoms with Gasteiger partial charge in [0.1, 0.15) is 11.3 Å². The molecular formula is C29H31FN8O2. The lowest BCUT2D eigenvalue weighted by Gasteiger charge is -2.38. The smallest absolute Gasteiger partial charge is 0.281 e. The van der Waals surface area contributed by atoms with Gasteiger partial charge in [0.15, 0.2) is 5.52 Å². The molecule has 5 aromatic rings. The molecule has 0 radical (unpaired) electrons. The molecule has 40 heavy (non-hydrogen) atoms. The Balaban J connectivity index is 1.14. The van der Waals surface area contributed by atoms with E-state index < -0.39 is 5.60 Å². The molecule has 0 aliphatic carbocycles. The summed E-state index contributed by atoms with van der Waals surface area (Å²) in [7, 11) is 1.79. The third-order valence-electron chi connectivity index (χ3n) is 7.76. The Kier molecular flexibility index (Phi) is 6.78. The van der Waals surface area contributed by atoms with Crippen molar-refractivity contribution < 1.29 is 9.50 Å². The maximum Gasteiger partial charge on any atom is 0.281 e. The van der Waals surface area contributed by atoms with Gasteiger partial charge in [0.25, 0.3) is 5.56 Å². The van der Waals surface area contributed by atoms with Gasteiger partial charge in [-0.1, -0.05) is 30.3 Å². The number of halogens is 1. The van der Waals surface area contributed by atoms with Crippen molar-refractivity contribution in [1.82, 2.24) is 33.8 Å². The summed E-state index contributed by atoms with van der Waals surface area (Å²) in [6.45, 7) is 2.18. The number of rotatable bonds is 7. The zero-order chi connectivity index (χ0) is 27.9. The molecular weight excluding hydrogens is 511 g/mol. The SMILES string of the molecule is Cn1nc2c(=O)n(CC3(O)CCN(Cc4ccc(-n5ccnc5)cc4F)CC3)cnc2c1-c1ccc(CN)cc1. The minimum Gasteiger partial charge on any atom is -0.388 e. The summed E-state index contributed by atoms with van der Waals surface area (Å²) in [4.78, 5) is 24.1. The first-order valence-corrected chi connectivity index (χ1v) is 13.3. The van der Waals surface area contributed by atoms with E-state index in [0.29, 0.717) is 55.8 Å². The maximum absolute atomic E-state index is 14.8. The van der Waals surface area contributed by atoms with Gasteiger partial charge < -0.3 is 15.4 Å². The molecule has 1 saturated heterocycles. The summed E-state index contributed by atoms with van der Waals surface area (Å²) in [5.74, 6) is -0.275. The van der Waals surface area contributed by atoms with Crippen LogP contribution in [0.25, 0.3) is 28.0 Å². The summed E-state index contributed by atoms with van der Waals surface area (Å²) in [5, 5.41) is 15.8. The molecule has 0 unspecified atom stereocenters. The molecule has 0 bridgehead atoms. The fourth-order valence-electron chi connectivity index (χ4n) is 5.41. The lowest BCUT2D eigenvalue weighted by molar-refractivity contribution is -0.0366. The van der Waals surface area contributed by atoms with Crippen LogP contribution in [0.5, 0.6) is 0 Å². The molecule has 2 aromatic carbocycles. The van der Waals surface area contributed by atoms with Crippen molar-refractivity contribution in [2.75, 3.05) is 13.1 Å². The third-order valence-corrected chi connectivity index (χ3v) is 7.76. The van der Waals surface area contributed by atoms with Crippen LogP contribution in [0.1, 0.15) is 24.0 Å². The van der Waals surface area contributed by atoms with E-state index in [1.54, 1.807) is 41.1 Å². The number of hydrogen-bond donors (Lipinski definition) is 2. The van der Waals surface area contributed by atoms with E-state index in [9.17, 15) is 14.3 Å². The number of piperidine rings is 1. The number of imidazole rings is 1. The van der Waals surface area contributed by atoms with Gasteiger partial charge in [-0.25, -0.2) is 14.4 Å². The first-order valence-electron chi connectivity index (χ1n) is 13.3. The molecule has 1 aliphatic rings. The molecule has 1 fully saturated rings. The number of likely N-dealkylation sites (tertiary alicyclic amines) is 1. The van der Waals surface area contributed by atoms with Crippen LogP contribution in [0, 0.1) is 5.82 Å². The van der Waals surface area contributed by atoms with Gasteiger partial charge in [0.2, 0.25) is 0 Å². The number of aliphatic hydroxyl groups is 1. The van der Waals surface area contributed by atoms with Crippen LogP contribution in [0.4, 0.5) is 4.39 Å². The highest BCUT2D eigenvalue weighted by atomic mass is 19.1. The topological polar surface area (TPSA) is 120 Å². The molecule has 0 spiro atoms. The summed E-state index contributed by atoms with van der Waals surface area (Å²) in [6.07, 6.45) is 7.45. The van der Waals surface area contributed by atoms with E-state index in [-0.39, 0.29) is 23.4 Å². The van der Waals surface area contributed by atoms with Crippen LogP contribution in [0.3, 0.4) is 0 Å². The molecule has 6 rings (SSSR count). The Labute approximate surface area is 230 Å². The van der Waals surface area contributed by atoms with Crippen LogP contribution in [-0.4, -0.2) is 57.6 Å². The fraction of sp³-hybridized carbons (Fsp3) is 0.310. The monoisotopic (exact) mass is 542 g/mol. The second-order valence-corrected chi connectivity index (χ2v) is 10.5. The van der Waals surface area contributed by atoms with Crippen LogP contribution in [0.2, 0.25) is 0 Å². The molecule has 3 N–H and O–H groups in total. The van der Waals surface area contributed by atoms with Gasteiger partial charge in [-0.2, -0.15) is 5.10 Å². The van der Waals surface area contributed by atoms with Crippen molar-refractivity contribution in [1.29, 1.82) is 0 Å². The lowest BCUT2D eigenvalue weighted by atomic mass is 9.91. The zero-order valence-corrected chi connectivity index (χ0v) is 22.2. The molecule has 3 aromatic heterocycles. The minimum absolute atomic E-state index is 0.119. The summed E-state index contributed by atoms with van der Waals surface area (Å²) in [5.41, 5.74) is 9.11. The van der Waals surface area contributed by atoms with E-state index in [2.05, 4.69) is 20.0 Å². The largest absolute Gasteiger partial charge is 0.388 e. The van der Waals surface area contributed by atoms with Gasteiger partial charge in [0.05, 0.1) is 30.5 Å². The Bertz CT molecular complexity index is 1700. The van der Waals surface area contributed by atoms with Crippen molar-refractivity contribution in [3.05, 3.63) is 94.8 Å². The first-order chi connectivity index (χ1) is 19.3. The molecule has 1 aliphatic heterocycles. The average molecular weight is 543 g/mol. The Hall–Kier alpha value is -4.19. The number of aryl methyl sites for hydroxylation is 1. The Morgan fingerprint density at radius 3 is 2.52 bits per heavy atom. The second-order valence-electron chi connectivity index (χ2n) is 10.5. The molecule has 11 heteroatoms. The molecule has 0 amide bonds. The Morgan fingerprint density at radius 1 is 1.07 bits per heavy atom. The standard InChI is InChI=1S/C29H31FN8O2/c1-35-27(21-4-2-20(15-31)3-5-21)25-26(34-35)28(39)38(19-33-25)17-29(40)8-11-36(12-9-29)16-22-6-7-23(14-24(22)30)37-13-10-32-18-37/h2-7,10,13-14,18-19,40H,8-9,11-12,15-17,31H2,1H3. The second kappa shape index (κ2) is 10.4. The number of aromatic nitrogens is 6. The average Bonchev–Trinajstić information content (AvgIpc) is 3.61. The summed E-state index contributed by atoms with van der Waals surface area (Å²) >= 11 is 0. The quantitative estimate of drug-likeness (QED) is 0.324. The molecule has 206 valence electrons. The number of fused-ring (bicyclic) bond motifs is 1. The summed E-state index contributed by atoms with van der Waals surface area (Å²) < 4.78 is 19.7. The van der Waals surface area contributed by atoms with Crippen molar-refractivity contribution in [3.63, 3.8) is 0 Å². The van der Waals surface area contributed by atoms with Gasteiger partial charge >= 0.3 is 0 Å². The third kappa shape index (κ3) is 4.94. The molecule has 10 nitrogen and oxygen atoms in total. The lowest BCUT2D eigenvalue weighted by Crippen LogP contribution is -2.47.